The molecule has 6 nitrogen and oxygen atoms in total. The van der Waals surface area contributed by atoms with Crippen LogP contribution in [0.25, 0.3) is 6.08 Å². The molecule has 6 heteroatoms. The van der Waals surface area contributed by atoms with Gasteiger partial charge in [-0.05, 0) is 56.4 Å². The summed E-state index contributed by atoms with van der Waals surface area (Å²) in [5.74, 6) is -0.247. The van der Waals surface area contributed by atoms with Crippen molar-refractivity contribution < 1.29 is 28.6 Å². The molecule has 0 saturated heterocycles. The summed E-state index contributed by atoms with van der Waals surface area (Å²) in [6, 6.07) is 7.44. The van der Waals surface area contributed by atoms with Crippen molar-refractivity contribution >= 4 is 23.8 Å². The second-order valence-corrected chi connectivity index (χ2v) is 5.79. The molecule has 0 radical (unpaired) electrons. The molecule has 0 aliphatic rings. The Balaban J connectivity index is 2.09. The minimum Gasteiger partial charge on any atom is -0.494 e. The number of hydrogen-bond acceptors (Lipinski definition) is 6. The highest BCUT2D eigenvalue weighted by Crippen LogP contribution is 2.14. The lowest BCUT2D eigenvalue weighted by atomic mass is 10.2. The summed E-state index contributed by atoms with van der Waals surface area (Å²) in [4.78, 5) is 32.9. The van der Waals surface area contributed by atoms with E-state index < -0.39 is 5.97 Å². The van der Waals surface area contributed by atoms with Crippen molar-refractivity contribution in [3.8, 4) is 5.75 Å². The van der Waals surface area contributed by atoms with Crippen LogP contribution in [0.15, 0.2) is 30.3 Å². The van der Waals surface area contributed by atoms with E-state index in [-0.39, 0.29) is 18.2 Å². The van der Waals surface area contributed by atoms with Crippen molar-refractivity contribution in [1.82, 2.24) is 0 Å². The predicted octanol–water partition coefficient (Wildman–Crippen LogP) is 3.33. The maximum Gasteiger partial charge on any atom is 0.330 e. The fourth-order valence-corrected chi connectivity index (χ4v) is 2.10. The topological polar surface area (TPSA) is 78.9 Å². The molecule has 0 aromatic heterocycles. The van der Waals surface area contributed by atoms with E-state index in [2.05, 4.69) is 4.74 Å². The van der Waals surface area contributed by atoms with Crippen LogP contribution in [0.5, 0.6) is 5.75 Å². The number of benzene rings is 1. The average Bonchev–Trinajstić information content (AvgIpc) is 2.62. The number of carbonyl (C=O) groups is 3. The van der Waals surface area contributed by atoms with Crippen LogP contribution in [0.4, 0.5) is 0 Å². The third-order valence-electron chi connectivity index (χ3n) is 3.46. The van der Waals surface area contributed by atoms with Crippen LogP contribution in [0.2, 0.25) is 0 Å². The van der Waals surface area contributed by atoms with Crippen LogP contribution in [0, 0.1) is 0 Å². The van der Waals surface area contributed by atoms with E-state index in [1.54, 1.807) is 6.08 Å². The van der Waals surface area contributed by atoms with Gasteiger partial charge in [-0.15, -0.1) is 0 Å². The molecule has 0 N–H and O–H groups in total. The average molecular weight is 362 g/mol. The van der Waals surface area contributed by atoms with Gasteiger partial charge in [-0.3, -0.25) is 9.59 Å². The van der Waals surface area contributed by atoms with Gasteiger partial charge in [-0.2, -0.15) is 0 Å². The minimum absolute atomic E-state index is 0.148. The number of rotatable bonds is 12. The summed E-state index contributed by atoms with van der Waals surface area (Å²) in [6.45, 7) is 2.34. The monoisotopic (exact) mass is 362 g/mol. The smallest absolute Gasteiger partial charge is 0.330 e. The molecule has 0 saturated carbocycles. The van der Waals surface area contributed by atoms with Gasteiger partial charge in [0.25, 0.3) is 0 Å². The van der Waals surface area contributed by atoms with Gasteiger partial charge in [0.2, 0.25) is 0 Å². The van der Waals surface area contributed by atoms with E-state index in [0.717, 1.165) is 37.0 Å². The first-order valence-electron chi connectivity index (χ1n) is 8.65. The molecular formula is C20H26O6. The Morgan fingerprint density at radius 1 is 0.962 bits per heavy atom. The quantitative estimate of drug-likeness (QED) is 0.246. The number of ether oxygens (including phenoxy) is 3. The summed E-state index contributed by atoms with van der Waals surface area (Å²) < 4.78 is 15.1. The normalized spacial score (nSPS) is 10.5. The second kappa shape index (κ2) is 12.7. The second-order valence-electron chi connectivity index (χ2n) is 5.79. The Bertz CT molecular complexity index is 603. The fraction of sp³-hybridized carbons (Fsp3) is 0.450. The van der Waals surface area contributed by atoms with Crippen LogP contribution in [-0.2, 0) is 23.9 Å². The van der Waals surface area contributed by atoms with E-state index in [0.29, 0.717) is 13.2 Å². The molecule has 142 valence electrons. The molecule has 0 amide bonds. The Kier molecular flexibility index (Phi) is 10.5. The fourth-order valence-electron chi connectivity index (χ4n) is 2.10. The number of hydrogen-bond donors (Lipinski definition) is 0. The predicted molar refractivity (Wildman–Crippen MR) is 97.7 cm³/mol. The third kappa shape index (κ3) is 10.3. The summed E-state index contributed by atoms with van der Waals surface area (Å²) in [5.41, 5.74) is 0.891. The molecule has 0 fully saturated rings. The van der Waals surface area contributed by atoms with Crippen LogP contribution in [-0.4, -0.2) is 38.0 Å². The van der Waals surface area contributed by atoms with Crippen molar-refractivity contribution in [3.05, 3.63) is 35.9 Å². The van der Waals surface area contributed by atoms with Crippen molar-refractivity contribution in [2.24, 2.45) is 0 Å². The van der Waals surface area contributed by atoms with Gasteiger partial charge in [-0.25, -0.2) is 4.79 Å². The van der Waals surface area contributed by atoms with Crippen LogP contribution >= 0.6 is 0 Å². The summed E-state index contributed by atoms with van der Waals surface area (Å²) in [6.07, 6.45) is 6.51. The standard InChI is InChI=1S/C20H26O6/c1-16(21)15-20(23)26-14-6-4-3-5-13-25-18-10-7-17(8-11-18)9-12-19(22)24-2/h7-12H,3-6,13-15H2,1-2H3/b12-9+. The maximum atomic E-state index is 11.2. The van der Waals surface area contributed by atoms with Gasteiger partial charge in [0.1, 0.15) is 18.0 Å². The first-order valence-corrected chi connectivity index (χ1v) is 8.65. The van der Waals surface area contributed by atoms with Gasteiger partial charge in [0.05, 0.1) is 20.3 Å². The summed E-state index contributed by atoms with van der Waals surface area (Å²) in [7, 11) is 1.34. The molecule has 0 atom stereocenters. The minimum atomic E-state index is -0.453. The summed E-state index contributed by atoms with van der Waals surface area (Å²) >= 11 is 0. The molecule has 0 heterocycles. The number of esters is 2. The summed E-state index contributed by atoms with van der Waals surface area (Å²) in [5, 5.41) is 0. The van der Waals surface area contributed by atoms with Gasteiger partial charge in [0, 0.05) is 6.08 Å². The highest BCUT2D eigenvalue weighted by Gasteiger charge is 2.05. The largest absolute Gasteiger partial charge is 0.494 e. The SMILES string of the molecule is COC(=O)/C=C/c1ccc(OCCCCCCOC(=O)CC(C)=O)cc1. The zero-order valence-corrected chi connectivity index (χ0v) is 15.4. The zero-order chi connectivity index (χ0) is 19.2. The Labute approximate surface area is 154 Å². The Morgan fingerprint density at radius 2 is 1.62 bits per heavy atom. The van der Waals surface area contributed by atoms with Gasteiger partial charge >= 0.3 is 11.9 Å². The molecule has 26 heavy (non-hydrogen) atoms. The van der Waals surface area contributed by atoms with Crippen molar-refractivity contribution in [1.29, 1.82) is 0 Å². The lowest BCUT2D eigenvalue weighted by molar-refractivity contribution is -0.145. The number of carbonyl (C=O) groups excluding carboxylic acids is 3. The Hall–Kier alpha value is -2.63. The molecule has 0 spiro atoms. The molecule has 0 bridgehead atoms. The zero-order valence-electron chi connectivity index (χ0n) is 15.4. The molecule has 0 aliphatic carbocycles. The van der Waals surface area contributed by atoms with Crippen LogP contribution in [0.3, 0.4) is 0 Å². The van der Waals surface area contributed by atoms with E-state index in [9.17, 15) is 14.4 Å². The molecule has 0 aliphatic heterocycles. The first kappa shape index (κ1) is 21.4. The Morgan fingerprint density at radius 3 is 2.23 bits per heavy atom. The van der Waals surface area contributed by atoms with Gasteiger partial charge in [-0.1, -0.05) is 12.1 Å². The number of Topliss-reactive ketones (excluding diaryl/α,β-unsaturated/α-hetero) is 1. The van der Waals surface area contributed by atoms with E-state index in [1.807, 2.05) is 24.3 Å². The van der Waals surface area contributed by atoms with E-state index in [1.165, 1.54) is 20.1 Å². The van der Waals surface area contributed by atoms with Crippen LogP contribution < -0.4 is 4.74 Å². The third-order valence-corrected chi connectivity index (χ3v) is 3.46. The highest BCUT2D eigenvalue weighted by molar-refractivity contribution is 5.94. The van der Waals surface area contributed by atoms with Gasteiger partial charge in [0.15, 0.2) is 0 Å². The van der Waals surface area contributed by atoms with E-state index in [4.69, 9.17) is 9.47 Å². The number of methoxy groups -OCH3 is 1. The lowest BCUT2D eigenvalue weighted by Gasteiger charge is -2.07. The first-order chi connectivity index (χ1) is 12.5. The van der Waals surface area contributed by atoms with Crippen molar-refractivity contribution in [3.63, 3.8) is 0 Å². The van der Waals surface area contributed by atoms with Crippen molar-refractivity contribution in [2.75, 3.05) is 20.3 Å². The molecule has 1 rings (SSSR count). The maximum absolute atomic E-state index is 11.2. The number of unbranched alkanes of at least 4 members (excludes halogenated alkanes) is 3. The number of ketones is 1. The van der Waals surface area contributed by atoms with Crippen molar-refractivity contribution in [2.45, 2.75) is 39.0 Å². The molecule has 0 unspecified atom stereocenters. The molecular weight excluding hydrogens is 336 g/mol. The van der Waals surface area contributed by atoms with Gasteiger partial charge < -0.3 is 14.2 Å². The van der Waals surface area contributed by atoms with Crippen LogP contribution in [0.1, 0.15) is 44.6 Å². The molecule has 1 aromatic rings. The van der Waals surface area contributed by atoms with E-state index >= 15 is 0 Å². The lowest BCUT2D eigenvalue weighted by Crippen LogP contribution is -2.09. The molecule has 1 aromatic carbocycles. The highest BCUT2D eigenvalue weighted by atomic mass is 16.5.